The molecular formula is C16H23N3O2. The van der Waals surface area contributed by atoms with Crippen molar-refractivity contribution < 1.29 is 9.21 Å². The van der Waals surface area contributed by atoms with Gasteiger partial charge < -0.3 is 20.0 Å². The number of benzene rings is 1. The van der Waals surface area contributed by atoms with Crippen molar-refractivity contribution in [2.45, 2.75) is 19.9 Å². The van der Waals surface area contributed by atoms with E-state index >= 15 is 0 Å². The maximum Gasteiger partial charge on any atom is 0.289 e. The molecule has 0 radical (unpaired) electrons. The van der Waals surface area contributed by atoms with E-state index in [0.29, 0.717) is 23.6 Å². The molecule has 2 rings (SSSR count). The predicted molar refractivity (Wildman–Crippen MR) is 85.4 cm³/mol. The number of furan rings is 1. The number of nitrogen functional groups attached to an aromatic ring is 1. The molecule has 21 heavy (non-hydrogen) atoms. The second-order valence-electron chi connectivity index (χ2n) is 5.61. The molecule has 0 aliphatic heterocycles. The SMILES string of the molecule is CCN(C(=O)c1cc2cc(N)ccc2o1)C(C)CN(C)C. The largest absolute Gasteiger partial charge is 0.451 e. The van der Waals surface area contributed by atoms with Gasteiger partial charge in [0.1, 0.15) is 5.58 Å². The van der Waals surface area contributed by atoms with Gasteiger partial charge in [-0.3, -0.25) is 4.79 Å². The monoisotopic (exact) mass is 289 g/mol. The molecule has 0 bridgehead atoms. The van der Waals surface area contributed by atoms with Crippen molar-refractivity contribution in [1.29, 1.82) is 0 Å². The Morgan fingerprint density at radius 2 is 2.05 bits per heavy atom. The van der Waals surface area contributed by atoms with E-state index in [1.807, 2.05) is 38.9 Å². The lowest BCUT2D eigenvalue weighted by atomic mass is 10.2. The lowest BCUT2D eigenvalue weighted by Crippen LogP contribution is -2.43. The lowest BCUT2D eigenvalue weighted by Gasteiger charge is -2.29. The van der Waals surface area contributed by atoms with Gasteiger partial charge in [-0.25, -0.2) is 0 Å². The predicted octanol–water partition coefficient (Wildman–Crippen LogP) is 2.43. The number of carbonyl (C=O) groups excluding carboxylic acids is 1. The number of anilines is 1. The number of hydrogen-bond acceptors (Lipinski definition) is 4. The number of nitrogens with zero attached hydrogens (tertiary/aromatic N) is 2. The molecule has 2 aromatic rings. The molecular weight excluding hydrogens is 266 g/mol. The fraction of sp³-hybridized carbons (Fsp3) is 0.438. The summed E-state index contributed by atoms with van der Waals surface area (Å²) in [5.41, 5.74) is 7.10. The minimum atomic E-state index is -0.0818. The Labute approximate surface area is 125 Å². The van der Waals surface area contributed by atoms with E-state index in [4.69, 9.17) is 10.2 Å². The third-order valence-corrected chi connectivity index (χ3v) is 3.51. The van der Waals surface area contributed by atoms with Gasteiger partial charge in [-0.1, -0.05) is 0 Å². The van der Waals surface area contributed by atoms with Crippen LogP contribution in [0.3, 0.4) is 0 Å². The maximum atomic E-state index is 12.6. The number of hydrogen-bond donors (Lipinski definition) is 1. The first-order valence-electron chi connectivity index (χ1n) is 7.17. The van der Waals surface area contributed by atoms with Crippen molar-refractivity contribution in [3.63, 3.8) is 0 Å². The molecule has 1 aromatic heterocycles. The second kappa shape index (κ2) is 6.18. The molecule has 1 unspecified atom stereocenters. The summed E-state index contributed by atoms with van der Waals surface area (Å²) in [7, 11) is 4.00. The summed E-state index contributed by atoms with van der Waals surface area (Å²) in [6.07, 6.45) is 0. The zero-order valence-electron chi connectivity index (χ0n) is 13.1. The zero-order valence-corrected chi connectivity index (χ0v) is 13.1. The highest BCUT2D eigenvalue weighted by atomic mass is 16.3. The van der Waals surface area contributed by atoms with Crippen molar-refractivity contribution in [2.24, 2.45) is 0 Å². The Morgan fingerprint density at radius 1 is 1.33 bits per heavy atom. The molecule has 1 amide bonds. The van der Waals surface area contributed by atoms with Gasteiger partial charge in [-0.15, -0.1) is 0 Å². The standard InChI is InChI=1S/C16H23N3O2/c1-5-19(11(2)10-18(3)4)16(20)15-9-12-8-13(17)6-7-14(12)21-15/h6-9,11H,5,10,17H2,1-4H3. The quantitative estimate of drug-likeness (QED) is 0.859. The van der Waals surface area contributed by atoms with Crippen LogP contribution in [0.1, 0.15) is 24.4 Å². The third kappa shape index (κ3) is 3.36. The minimum Gasteiger partial charge on any atom is -0.451 e. The van der Waals surface area contributed by atoms with Crippen LogP contribution in [0.4, 0.5) is 5.69 Å². The molecule has 2 N–H and O–H groups in total. The first-order valence-corrected chi connectivity index (χ1v) is 7.17. The van der Waals surface area contributed by atoms with E-state index in [9.17, 15) is 4.79 Å². The van der Waals surface area contributed by atoms with Gasteiger partial charge in [0.05, 0.1) is 0 Å². The van der Waals surface area contributed by atoms with Crippen LogP contribution >= 0.6 is 0 Å². The van der Waals surface area contributed by atoms with E-state index in [-0.39, 0.29) is 11.9 Å². The van der Waals surface area contributed by atoms with Crippen LogP contribution in [0.2, 0.25) is 0 Å². The Hall–Kier alpha value is -2.01. The van der Waals surface area contributed by atoms with Crippen LogP contribution < -0.4 is 5.73 Å². The molecule has 1 atom stereocenters. The Morgan fingerprint density at radius 3 is 2.67 bits per heavy atom. The lowest BCUT2D eigenvalue weighted by molar-refractivity contribution is 0.0649. The van der Waals surface area contributed by atoms with Crippen LogP contribution in [0.5, 0.6) is 0 Å². The van der Waals surface area contributed by atoms with Crippen LogP contribution in [-0.4, -0.2) is 48.9 Å². The normalized spacial score (nSPS) is 12.8. The highest BCUT2D eigenvalue weighted by Gasteiger charge is 2.23. The molecule has 5 nitrogen and oxygen atoms in total. The number of fused-ring (bicyclic) bond motifs is 1. The summed E-state index contributed by atoms with van der Waals surface area (Å²) in [4.78, 5) is 16.5. The van der Waals surface area contributed by atoms with Gasteiger partial charge in [-0.2, -0.15) is 0 Å². The van der Waals surface area contributed by atoms with Crippen molar-refractivity contribution >= 4 is 22.6 Å². The van der Waals surface area contributed by atoms with Crippen molar-refractivity contribution in [3.8, 4) is 0 Å². The molecule has 0 saturated carbocycles. The summed E-state index contributed by atoms with van der Waals surface area (Å²) in [5.74, 6) is 0.282. The zero-order chi connectivity index (χ0) is 15.6. The van der Waals surface area contributed by atoms with Crippen LogP contribution in [0.15, 0.2) is 28.7 Å². The molecule has 0 fully saturated rings. The molecule has 1 heterocycles. The van der Waals surface area contributed by atoms with Gasteiger partial charge in [0.2, 0.25) is 0 Å². The van der Waals surface area contributed by atoms with Gasteiger partial charge >= 0.3 is 0 Å². The Kier molecular flexibility index (Phi) is 4.53. The smallest absolute Gasteiger partial charge is 0.289 e. The summed E-state index contributed by atoms with van der Waals surface area (Å²) >= 11 is 0. The topological polar surface area (TPSA) is 62.7 Å². The first kappa shape index (κ1) is 15.4. The first-order chi connectivity index (χ1) is 9.92. The average Bonchev–Trinajstić information content (AvgIpc) is 2.81. The van der Waals surface area contributed by atoms with Gasteiger partial charge in [-0.05, 0) is 52.2 Å². The summed E-state index contributed by atoms with van der Waals surface area (Å²) < 4.78 is 5.66. The number of likely N-dealkylation sites (N-methyl/N-ethyl adjacent to an activating group) is 2. The van der Waals surface area contributed by atoms with Gasteiger partial charge in [0.15, 0.2) is 5.76 Å². The average molecular weight is 289 g/mol. The number of rotatable bonds is 5. The van der Waals surface area contributed by atoms with Gasteiger partial charge in [0.25, 0.3) is 5.91 Å². The van der Waals surface area contributed by atoms with E-state index in [0.717, 1.165) is 11.9 Å². The second-order valence-corrected chi connectivity index (χ2v) is 5.61. The Balaban J connectivity index is 2.26. The van der Waals surface area contributed by atoms with Crippen molar-refractivity contribution in [2.75, 3.05) is 32.9 Å². The Bertz CT molecular complexity index is 633. The molecule has 0 saturated heterocycles. The summed E-state index contributed by atoms with van der Waals surface area (Å²) in [5, 5.41) is 0.856. The molecule has 0 spiro atoms. The van der Waals surface area contributed by atoms with Crippen molar-refractivity contribution in [1.82, 2.24) is 9.80 Å². The number of nitrogens with two attached hydrogens (primary N) is 1. The van der Waals surface area contributed by atoms with Crippen molar-refractivity contribution in [3.05, 3.63) is 30.0 Å². The van der Waals surface area contributed by atoms with E-state index in [1.54, 1.807) is 18.2 Å². The minimum absolute atomic E-state index is 0.0818. The third-order valence-electron chi connectivity index (χ3n) is 3.51. The molecule has 0 aliphatic carbocycles. The summed E-state index contributed by atoms with van der Waals surface area (Å²) in [6, 6.07) is 7.26. The van der Waals surface area contributed by atoms with Crippen LogP contribution in [-0.2, 0) is 0 Å². The molecule has 0 aliphatic rings. The van der Waals surface area contributed by atoms with E-state index in [2.05, 4.69) is 4.90 Å². The van der Waals surface area contributed by atoms with Gasteiger partial charge in [0, 0.05) is 30.2 Å². The fourth-order valence-electron chi connectivity index (χ4n) is 2.59. The van der Waals surface area contributed by atoms with E-state index in [1.165, 1.54) is 0 Å². The molecule has 1 aromatic carbocycles. The highest BCUT2D eigenvalue weighted by Crippen LogP contribution is 2.23. The summed E-state index contributed by atoms with van der Waals surface area (Å²) in [6.45, 7) is 5.48. The number of amides is 1. The molecule has 114 valence electrons. The maximum absolute atomic E-state index is 12.6. The number of carbonyl (C=O) groups is 1. The van der Waals surface area contributed by atoms with E-state index < -0.39 is 0 Å². The van der Waals surface area contributed by atoms with Crippen LogP contribution in [0, 0.1) is 0 Å². The van der Waals surface area contributed by atoms with Crippen LogP contribution in [0.25, 0.3) is 11.0 Å². The highest BCUT2D eigenvalue weighted by molar-refractivity contribution is 5.96. The molecule has 5 heteroatoms. The fourth-order valence-corrected chi connectivity index (χ4v) is 2.59.